The maximum absolute atomic E-state index is 12.3. The van der Waals surface area contributed by atoms with Crippen LogP contribution in [0.4, 0.5) is 0 Å². The summed E-state index contributed by atoms with van der Waals surface area (Å²) in [4.78, 5) is 19.8. The molecule has 1 aliphatic rings. The molecule has 25 heavy (non-hydrogen) atoms. The molecule has 0 bridgehead atoms. The van der Waals surface area contributed by atoms with Gasteiger partial charge in [-0.05, 0) is 29.4 Å². The van der Waals surface area contributed by atoms with E-state index in [2.05, 4.69) is 9.97 Å². The summed E-state index contributed by atoms with van der Waals surface area (Å²) >= 11 is 1.77. The summed E-state index contributed by atoms with van der Waals surface area (Å²) < 4.78 is 0. The molecule has 0 saturated carbocycles. The zero-order valence-electron chi connectivity index (χ0n) is 13.5. The van der Waals surface area contributed by atoms with Gasteiger partial charge in [-0.3, -0.25) is 4.79 Å². The molecule has 0 fully saturated rings. The molecule has 4 rings (SSSR count). The number of aromatic amines is 1. The number of aromatic hydroxyl groups is 1. The molecule has 0 aliphatic carbocycles. The number of hydrogen-bond donors (Lipinski definition) is 2. The number of nitrogens with one attached hydrogen (secondary N) is 1. The Bertz CT molecular complexity index is 999. The number of hydrogen-bond acceptors (Lipinski definition) is 4. The Morgan fingerprint density at radius 3 is 2.56 bits per heavy atom. The van der Waals surface area contributed by atoms with Crippen molar-refractivity contribution in [3.8, 4) is 28.3 Å². The molecule has 0 amide bonds. The Kier molecular flexibility index (Phi) is 4.13. The van der Waals surface area contributed by atoms with E-state index < -0.39 is 0 Å². The van der Waals surface area contributed by atoms with Crippen LogP contribution in [0.3, 0.4) is 0 Å². The number of phenolic OH excluding ortho intramolecular Hbond substituents is 1. The Balaban J connectivity index is 1.69. The van der Waals surface area contributed by atoms with Gasteiger partial charge in [0.1, 0.15) is 19.4 Å². The summed E-state index contributed by atoms with van der Waals surface area (Å²) in [5.74, 6) is 2.41. The lowest BCUT2D eigenvalue weighted by Crippen LogP contribution is -2.21. The van der Waals surface area contributed by atoms with E-state index in [1.165, 1.54) is 0 Å². The topological polar surface area (TPSA) is 66.0 Å². The van der Waals surface area contributed by atoms with Gasteiger partial charge in [0.05, 0.1) is 5.69 Å². The van der Waals surface area contributed by atoms with Gasteiger partial charge in [-0.15, -0.1) is 0 Å². The van der Waals surface area contributed by atoms with Crippen LogP contribution < -0.4 is 11.0 Å². The van der Waals surface area contributed by atoms with Gasteiger partial charge in [-0.1, -0.05) is 41.9 Å². The van der Waals surface area contributed by atoms with Crippen LogP contribution in [-0.4, -0.2) is 28.7 Å². The largest absolute Gasteiger partial charge is 0.509 e. The molecule has 2 aromatic carbocycles. The van der Waals surface area contributed by atoms with Crippen LogP contribution in [0.15, 0.2) is 47.3 Å². The summed E-state index contributed by atoms with van der Waals surface area (Å²) in [5.41, 5.74) is 4.72. The quantitative estimate of drug-likeness (QED) is 0.700. The summed E-state index contributed by atoms with van der Waals surface area (Å²) in [7, 11) is 5.64. The molecule has 3 aromatic rings. The summed E-state index contributed by atoms with van der Waals surface area (Å²) in [6.07, 6.45) is 0.833. The summed E-state index contributed by atoms with van der Waals surface area (Å²) in [6, 6.07) is 12.9. The van der Waals surface area contributed by atoms with Gasteiger partial charge >= 0.3 is 0 Å². The fourth-order valence-corrected chi connectivity index (χ4v) is 3.91. The molecule has 1 aliphatic heterocycles. The molecule has 1 aromatic heterocycles. The number of aryl methyl sites for hydroxylation is 1. The summed E-state index contributed by atoms with van der Waals surface area (Å²) in [5, 5.41) is 9.76. The third-order valence-electron chi connectivity index (χ3n) is 4.35. The van der Waals surface area contributed by atoms with Crippen molar-refractivity contribution in [2.24, 2.45) is 0 Å². The highest BCUT2D eigenvalue weighted by molar-refractivity contribution is 7.98. The predicted molar refractivity (Wildman–Crippen MR) is 103 cm³/mol. The zero-order chi connectivity index (χ0) is 17.4. The minimum absolute atomic E-state index is 0.0419. The Morgan fingerprint density at radius 1 is 1.08 bits per heavy atom. The molecule has 6 heteroatoms. The normalized spacial score (nSPS) is 13.4. The van der Waals surface area contributed by atoms with Crippen molar-refractivity contribution in [3.63, 3.8) is 0 Å². The van der Waals surface area contributed by atoms with Gasteiger partial charge in [0, 0.05) is 16.9 Å². The van der Waals surface area contributed by atoms with Gasteiger partial charge in [0.25, 0.3) is 5.56 Å². The second-order valence-electron chi connectivity index (χ2n) is 5.99. The van der Waals surface area contributed by atoms with Gasteiger partial charge in [0.2, 0.25) is 0 Å². The number of fused-ring (bicyclic) bond motifs is 1. The number of phenols is 1. The molecule has 2 radical (unpaired) electrons. The fourth-order valence-electron chi connectivity index (χ4n) is 2.92. The zero-order valence-corrected chi connectivity index (χ0v) is 14.3. The minimum atomic E-state index is -0.0419. The second kappa shape index (κ2) is 6.45. The first-order chi connectivity index (χ1) is 12.1. The monoisotopic (exact) mass is 346 g/mol. The van der Waals surface area contributed by atoms with E-state index in [4.69, 9.17) is 7.85 Å². The Hall–Kier alpha value is -2.47. The first-order valence-corrected chi connectivity index (χ1v) is 9.16. The predicted octanol–water partition coefficient (Wildman–Crippen LogP) is 2.39. The molecule has 0 spiro atoms. The van der Waals surface area contributed by atoms with Crippen LogP contribution in [0.5, 0.6) is 5.75 Å². The lowest BCUT2D eigenvalue weighted by Gasteiger charge is -2.14. The molecule has 2 heterocycles. The van der Waals surface area contributed by atoms with Crippen molar-refractivity contribution in [3.05, 3.63) is 64.1 Å². The van der Waals surface area contributed by atoms with Crippen molar-refractivity contribution in [2.75, 3.05) is 5.75 Å². The van der Waals surface area contributed by atoms with Crippen LogP contribution >= 0.6 is 11.8 Å². The van der Waals surface area contributed by atoms with E-state index in [1.807, 2.05) is 30.3 Å². The number of H-pyrrole nitrogens is 1. The van der Waals surface area contributed by atoms with Crippen LogP contribution in [0, 0.1) is 0 Å². The molecule has 0 unspecified atom stereocenters. The van der Waals surface area contributed by atoms with Crippen molar-refractivity contribution in [2.45, 2.75) is 12.2 Å². The molecular formula is C19H15BN2O2S. The Labute approximate surface area is 150 Å². The van der Waals surface area contributed by atoms with E-state index in [0.717, 1.165) is 45.9 Å². The SMILES string of the molecule is [B]c1ccc(-c2ccc(-c3nc4c(c(=O)[nH]3)CSCC4)cc2)cc1O. The number of thioether (sulfide) groups is 1. The molecule has 0 atom stereocenters. The van der Waals surface area contributed by atoms with E-state index in [1.54, 1.807) is 23.9 Å². The van der Waals surface area contributed by atoms with Gasteiger partial charge in [-0.25, -0.2) is 4.98 Å². The third-order valence-corrected chi connectivity index (χ3v) is 5.34. The van der Waals surface area contributed by atoms with Gasteiger partial charge < -0.3 is 10.1 Å². The molecule has 2 N–H and O–H groups in total. The number of nitrogens with zero attached hydrogens (tertiary/aromatic N) is 1. The first kappa shape index (κ1) is 16.0. The van der Waals surface area contributed by atoms with Crippen molar-refractivity contribution < 1.29 is 5.11 Å². The first-order valence-electron chi connectivity index (χ1n) is 8.01. The molecule has 4 nitrogen and oxygen atoms in total. The smallest absolute Gasteiger partial charge is 0.255 e. The van der Waals surface area contributed by atoms with Crippen LogP contribution in [0.1, 0.15) is 11.3 Å². The average molecular weight is 346 g/mol. The van der Waals surface area contributed by atoms with Crippen molar-refractivity contribution in [1.29, 1.82) is 0 Å². The van der Waals surface area contributed by atoms with Gasteiger partial charge in [-0.2, -0.15) is 11.8 Å². The average Bonchev–Trinajstić information content (AvgIpc) is 2.64. The second-order valence-corrected chi connectivity index (χ2v) is 7.10. The highest BCUT2D eigenvalue weighted by Crippen LogP contribution is 2.26. The van der Waals surface area contributed by atoms with Crippen molar-refractivity contribution in [1.82, 2.24) is 9.97 Å². The molecule has 0 saturated heterocycles. The van der Waals surface area contributed by atoms with E-state index in [9.17, 15) is 9.90 Å². The molecular weight excluding hydrogens is 331 g/mol. The maximum atomic E-state index is 12.3. The minimum Gasteiger partial charge on any atom is -0.509 e. The fraction of sp³-hybridized carbons (Fsp3) is 0.158. The summed E-state index contributed by atoms with van der Waals surface area (Å²) in [6.45, 7) is 0. The van der Waals surface area contributed by atoms with E-state index in [-0.39, 0.29) is 11.3 Å². The van der Waals surface area contributed by atoms with Gasteiger partial charge in [0.15, 0.2) is 0 Å². The molecule has 122 valence electrons. The third kappa shape index (κ3) is 3.09. The number of benzene rings is 2. The number of rotatable bonds is 2. The lowest BCUT2D eigenvalue weighted by molar-refractivity contribution is 0.480. The highest BCUT2D eigenvalue weighted by atomic mass is 32.2. The standard InChI is InChI=1S/C19H15BN2O2S/c20-15-6-5-13(9-17(15)23)11-1-3-12(4-2-11)18-21-16-7-8-25-10-14(16)19(24)22-18/h1-6,9,23H,7-8,10H2,(H,21,22,24). The van der Waals surface area contributed by atoms with Crippen molar-refractivity contribution >= 4 is 25.1 Å². The highest BCUT2D eigenvalue weighted by Gasteiger charge is 2.16. The van der Waals surface area contributed by atoms with Crippen LogP contribution in [-0.2, 0) is 12.2 Å². The number of aromatic nitrogens is 2. The van der Waals surface area contributed by atoms with E-state index >= 15 is 0 Å². The lowest BCUT2D eigenvalue weighted by atomic mass is 9.92. The van der Waals surface area contributed by atoms with Crippen LogP contribution in [0.2, 0.25) is 0 Å². The maximum Gasteiger partial charge on any atom is 0.255 e. The van der Waals surface area contributed by atoms with Crippen LogP contribution in [0.25, 0.3) is 22.5 Å². The Morgan fingerprint density at radius 2 is 1.80 bits per heavy atom. The van der Waals surface area contributed by atoms with E-state index in [0.29, 0.717) is 11.3 Å².